The van der Waals surface area contributed by atoms with Gasteiger partial charge in [0.15, 0.2) is 0 Å². The molecule has 0 fully saturated rings. The van der Waals surface area contributed by atoms with Gasteiger partial charge < -0.3 is 14.6 Å². The molecule has 0 N–H and O–H groups in total. The molecule has 0 heterocycles. The third kappa shape index (κ3) is 7.15. The highest BCUT2D eigenvalue weighted by Gasteiger charge is 2.04. The van der Waals surface area contributed by atoms with Crippen LogP contribution < -0.4 is 4.90 Å². The number of non-ortho nitro benzene ring substituents is 1. The Balaban J connectivity index is 0.000000459. The number of carbonyl (C=O) groups is 1. The highest BCUT2D eigenvalue weighted by Crippen LogP contribution is 2.17. The number of hydrogen-bond acceptors (Lipinski definition) is 5. The molecule has 1 rings (SSSR count). The van der Waals surface area contributed by atoms with Crippen LogP contribution in [0.1, 0.15) is 6.92 Å². The van der Waals surface area contributed by atoms with Gasteiger partial charge in [-0.05, 0) is 33.2 Å². The smallest absolute Gasteiger partial charge is 0.269 e. The maximum atomic E-state index is 10.3. The van der Waals surface area contributed by atoms with Crippen LogP contribution in [0.15, 0.2) is 24.3 Å². The Bertz CT molecular complexity index is 391. The second kappa shape index (κ2) is 9.04. The zero-order valence-electron chi connectivity index (χ0n) is 11.9. The molecule has 1 aromatic rings. The monoisotopic (exact) mass is 267 g/mol. The van der Waals surface area contributed by atoms with Gasteiger partial charge in [-0.25, -0.2) is 0 Å². The number of benzene rings is 1. The Morgan fingerprint density at radius 3 is 2.00 bits per heavy atom. The van der Waals surface area contributed by atoms with Crippen LogP contribution in [0.2, 0.25) is 0 Å². The van der Waals surface area contributed by atoms with Gasteiger partial charge in [0.1, 0.15) is 6.29 Å². The quantitative estimate of drug-likeness (QED) is 0.462. The zero-order chi connectivity index (χ0) is 14.8. The average molecular weight is 267 g/mol. The Kier molecular flexibility index (Phi) is 8.12. The number of anilines is 1. The predicted octanol–water partition coefficient (Wildman–Crippen LogP) is 1.80. The van der Waals surface area contributed by atoms with Gasteiger partial charge >= 0.3 is 0 Å². The van der Waals surface area contributed by atoms with Crippen molar-refractivity contribution in [2.45, 2.75) is 6.92 Å². The van der Waals surface area contributed by atoms with E-state index in [-0.39, 0.29) is 5.69 Å². The number of nitrogens with zero attached hydrogens (tertiary/aromatic N) is 3. The number of carbonyl (C=O) groups excluding carboxylic acids is 1. The number of likely N-dealkylation sites (N-methyl/N-ethyl adjacent to an activating group) is 1. The second-order valence-corrected chi connectivity index (χ2v) is 4.22. The van der Waals surface area contributed by atoms with Gasteiger partial charge in [0, 0.05) is 31.4 Å². The summed E-state index contributed by atoms with van der Waals surface area (Å²) < 4.78 is 0. The lowest BCUT2D eigenvalue weighted by atomic mass is 10.2. The van der Waals surface area contributed by atoms with Crippen molar-refractivity contribution >= 4 is 17.7 Å². The van der Waals surface area contributed by atoms with E-state index >= 15 is 0 Å². The number of hydrogen-bond donors (Lipinski definition) is 0. The fraction of sp³-hybridized carbons (Fsp3) is 0.462. The molecule has 6 heteroatoms. The van der Waals surface area contributed by atoms with Gasteiger partial charge in [0.25, 0.3) is 5.69 Å². The van der Waals surface area contributed by atoms with Crippen LogP contribution in [0, 0.1) is 10.1 Å². The van der Waals surface area contributed by atoms with E-state index in [1.54, 1.807) is 12.1 Å². The third-order valence-corrected chi connectivity index (χ3v) is 2.42. The number of aldehydes is 1. The first-order valence-electron chi connectivity index (χ1n) is 5.96. The van der Waals surface area contributed by atoms with Crippen molar-refractivity contribution in [3.05, 3.63) is 34.4 Å². The zero-order valence-corrected chi connectivity index (χ0v) is 11.9. The van der Waals surface area contributed by atoms with E-state index in [1.807, 2.05) is 37.9 Å². The SMILES string of the molecule is CCN(C)c1ccc([N+](=O)[O-])cc1.CN(C)CC=O. The van der Waals surface area contributed by atoms with E-state index in [4.69, 9.17) is 0 Å². The van der Waals surface area contributed by atoms with E-state index in [1.165, 1.54) is 12.1 Å². The molecule has 0 atom stereocenters. The van der Waals surface area contributed by atoms with Gasteiger partial charge in [0.05, 0.1) is 11.5 Å². The molecular weight excluding hydrogens is 246 g/mol. The first kappa shape index (κ1) is 17.1. The Morgan fingerprint density at radius 1 is 1.21 bits per heavy atom. The lowest BCUT2D eigenvalue weighted by Gasteiger charge is -2.15. The van der Waals surface area contributed by atoms with Crippen LogP contribution >= 0.6 is 0 Å². The van der Waals surface area contributed by atoms with E-state index in [9.17, 15) is 14.9 Å². The van der Waals surface area contributed by atoms with Crippen molar-refractivity contribution in [2.24, 2.45) is 0 Å². The van der Waals surface area contributed by atoms with Crippen molar-refractivity contribution in [1.82, 2.24) is 4.90 Å². The van der Waals surface area contributed by atoms with Crippen LogP contribution in [0.5, 0.6) is 0 Å². The van der Waals surface area contributed by atoms with Crippen LogP contribution in [0.3, 0.4) is 0 Å². The number of rotatable bonds is 5. The van der Waals surface area contributed by atoms with Crippen molar-refractivity contribution in [3.8, 4) is 0 Å². The fourth-order valence-corrected chi connectivity index (χ4v) is 1.16. The van der Waals surface area contributed by atoms with Crippen LogP contribution in [-0.2, 0) is 4.79 Å². The number of nitro benzene ring substituents is 1. The molecule has 0 unspecified atom stereocenters. The summed E-state index contributed by atoms with van der Waals surface area (Å²) in [4.78, 5) is 23.4. The molecule has 0 saturated heterocycles. The van der Waals surface area contributed by atoms with Crippen molar-refractivity contribution in [2.75, 3.05) is 39.1 Å². The molecule has 0 aliphatic carbocycles. The molecule has 0 saturated carbocycles. The maximum Gasteiger partial charge on any atom is 0.269 e. The largest absolute Gasteiger partial charge is 0.375 e. The predicted molar refractivity (Wildman–Crippen MR) is 76.7 cm³/mol. The molecule has 1 aromatic carbocycles. The van der Waals surface area contributed by atoms with E-state index in [0.717, 1.165) is 18.5 Å². The lowest BCUT2D eigenvalue weighted by Crippen LogP contribution is -2.15. The molecule has 6 nitrogen and oxygen atoms in total. The van der Waals surface area contributed by atoms with Crippen molar-refractivity contribution in [1.29, 1.82) is 0 Å². The molecule has 0 bridgehead atoms. The summed E-state index contributed by atoms with van der Waals surface area (Å²) in [6.07, 6.45) is 0.875. The minimum absolute atomic E-state index is 0.133. The van der Waals surface area contributed by atoms with Gasteiger partial charge in [-0.3, -0.25) is 10.1 Å². The van der Waals surface area contributed by atoms with Gasteiger partial charge in [0.2, 0.25) is 0 Å². The molecule has 106 valence electrons. The topological polar surface area (TPSA) is 66.7 Å². The minimum Gasteiger partial charge on any atom is -0.375 e. The van der Waals surface area contributed by atoms with Crippen LogP contribution in [-0.4, -0.2) is 50.3 Å². The molecule has 0 radical (unpaired) electrons. The highest BCUT2D eigenvalue weighted by atomic mass is 16.6. The summed E-state index contributed by atoms with van der Waals surface area (Å²) in [6, 6.07) is 6.53. The summed E-state index contributed by atoms with van der Waals surface area (Å²) in [5, 5.41) is 10.3. The lowest BCUT2D eigenvalue weighted by molar-refractivity contribution is -0.384. The molecule has 0 aliphatic heterocycles. The molecule has 19 heavy (non-hydrogen) atoms. The van der Waals surface area contributed by atoms with Crippen molar-refractivity contribution in [3.63, 3.8) is 0 Å². The molecule has 0 aromatic heterocycles. The summed E-state index contributed by atoms with van der Waals surface area (Å²) in [7, 11) is 5.66. The summed E-state index contributed by atoms with van der Waals surface area (Å²) in [6.45, 7) is 3.44. The van der Waals surface area contributed by atoms with Crippen molar-refractivity contribution < 1.29 is 9.72 Å². The normalized spacial score (nSPS) is 9.53. The Hall–Kier alpha value is -1.95. The summed E-state index contributed by atoms with van der Waals surface area (Å²) in [5.41, 5.74) is 1.13. The van der Waals surface area contributed by atoms with Gasteiger partial charge in [-0.1, -0.05) is 0 Å². The molecule has 0 aliphatic rings. The first-order chi connectivity index (χ1) is 8.92. The first-order valence-corrected chi connectivity index (χ1v) is 5.96. The summed E-state index contributed by atoms with van der Waals surface area (Å²) in [5.74, 6) is 0. The van der Waals surface area contributed by atoms with Gasteiger partial charge in [-0.2, -0.15) is 0 Å². The van der Waals surface area contributed by atoms with Crippen LogP contribution in [0.25, 0.3) is 0 Å². The minimum atomic E-state index is -0.393. The second-order valence-electron chi connectivity index (χ2n) is 4.22. The standard InChI is InChI=1S/C9H12N2O2.C4H9NO/c1-3-10(2)8-4-6-9(7-5-8)11(12)13;1-5(2)3-4-6/h4-7H,3H2,1-2H3;4H,3H2,1-2H3. The molecular formula is C13H21N3O3. The van der Waals surface area contributed by atoms with E-state index in [2.05, 4.69) is 0 Å². The van der Waals surface area contributed by atoms with Gasteiger partial charge in [-0.15, -0.1) is 0 Å². The molecule has 0 amide bonds. The Labute approximate surface area is 113 Å². The van der Waals surface area contributed by atoms with E-state index < -0.39 is 4.92 Å². The van der Waals surface area contributed by atoms with E-state index in [0.29, 0.717) is 6.54 Å². The number of nitro groups is 1. The fourth-order valence-electron chi connectivity index (χ4n) is 1.16. The highest BCUT2D eigenvalue weighted by molar-refractivity contribution is 5.51. The molecule has 0 spiro atoms. The van der Waals surface area contributed by atoms with Crippen LogP contribution in [0.4, 0.5) is 11.4 Å². The Morgan fingerprint density at radius 2 is 1.74 bits per heavy atom. The summed E-state index contributed by atoms with van der Waals surface area (Å²) >= 11 is 0. The maximum absolute atomic E-state index is 10.3. The average Bonchev–Trinajstić information content (AvgIpc) is 2.38. The third-order valence-electron chi connectivity index (χ3n) is 2.42.